The van der Waals surface area contributed by atoms with E-state index in [9.17, 15) is 4.79 Å². The van der Waals surface area contributed by atoms with E-state index >= 15 is 0 Å². The fraction of sp³-hybridized carbons (Fsp3) is 0.250. The molecule has 0 aliphatic heterocycles. The van der Waals surface area contributed by atoms with Gasteiger partial charge in [0.25, 0.3) is 5.91 Å². The maximum atomic E-state index is 12.1. The van der Waals surface area contributed by atoms with Gasteiger partial charge in [0.05, 0.1) is 23.8 Å². The van der Waals surface area contributed by atoms with Gasteiger partial charge in [0, 0.05) is 12.2 Å². The summed E-state index contributed by atoms with van der Waals surface area (Å²) < 4.78 is 1.83. The van der Waals surface area contributed by atoms with Crippen LogP contribution in [0.25, 0.3) is 0 Å². The van der Waals surface area contributed by atoms with E-state index < -0.39 is 0 Å². The molecule has 2 heterocycles. The average molecular weight is 245 g/mol. The van der Waals surface area contributed by atoms with Crippen molar-refractivity contribution in [3.8, 4) is 0 Å². The van der Waals surface area contributed by atoms with Crippen LogP contribution in [0.5, 0.6) is 0 Å². The predicted molar refractivity (Wildman–Crippen MR) is 69.2 cm³/mol. The zero-order valence-corrected chi connectivity index (χ0v) is 10.3. The van der Waals surface area contributed by atoms with Gasteiger partial charge in [-0.15, -0.1) is 0 Å². The first-order chi connectivity index (χ1) is 8.58. The van der Waals surface area contributed by atoms with E-state index in [4.69, 9.17) is 5.73 Å². The highest BCUT2D eigenvalue weighted by Gasteiger charge is 2.14. The van der Waals surface area contributed by atoms with E-state index in [0.717, 1.165) is 0 Å². The Bertz CT molecular complexity index is 547. The third-order valence-electron chi connectivity index (χ3n) is 2.48. The summed E-state index contributed by atoms with van der Waals surface area (Å²) in [6.07, 6.45) is 6.24. The number of hydrogen-bond donors (Lipinski definition) is 2. The molecule has 2 aromatic rings. The Morgan fingerprint density at radius 2 is 2.06 bits per heavy atom. The van der Waals surface area contributed by atoms with E-state index in [1.165, 1.54) is 18.7 Å². The summed E-state index contributed by atoms with van der Waals surface area (Å²) in [6.45, 7) is 3.98. The standard InChI is InChI=1S/C12H15N5O/c1-8(2)17-6-9(13)3-11(17)12(18)16-10-4-14-7-15-5-10/h3-8H,13H2,1-2H3,(H,16,18). The summed E-state index contributed by atoms with van der Waals surface area (Å²) in [7, 11) is 0. The molecule has 0 aromatic carbocycles. The molecule has 94 valence electrons. The lowest BCUT2D eigenvalue weighted by atomic mass is 10.3. The van der Waals surface area contributed by atoms with E-state index in [1.807, 2.05) is 18.4 Å². The van der Waals surface area contributed by atoms with Gasteiger partial charge < -0.3 is 15.6 Å². The van der Waals surface area contributed by atoms with Crippen LogP contribution in [0.15, 0.2) is 31.0 Å². The van der Waals surface area contributed by atoms with Crippen molar-refractivity contribution in [2.45, 2.75) is 19.9 Å². The van der Waals surface area contributed by atoms with E-state index in [-0.39, 0.29) is 11.9 Å². The molecule has 0 spiro atoms. The molecule has 2 aromatic heterocycles. The number of carbonyl (C=O) groups excluding carboxylic acids is 1. The summed E-state index contributed by atoms with van der Waals surface area (Å²) in [5.74, 6) is -0.227. The fourth-order valence-electron chi connectivity index (χ4n) is 1.67. The van der Waals surface area contributed by atoms with Gasteiger partial charge in [-0.1, -0.05) is 0 Å². The Kier molecular flexibility index (Phi) is 3.27. The molecule has 6 heteroatoms. The highest BCUT2D eigenvalue weighted by molar-refractivity contribution is 6.03. The van der Waals surface area contributed by atoms with E-state index in [1.54, 1.807) is 12.3 Å². The number of carbonyl (C=O) groups is 1. The molecule has 0 bridgehead atoms. The Morgan fingerprint density at radius 1 is 1.39 bits per heavy atom. The number of nitrogens with zero attached hydrogens (tertiary/aromatic N) is 3. The molecule has 2 rings (SSSR count). The molecule has 0 unspecified atom stereocenters. The van der Waals surface area contributed by atoms with Crippen LogP contribution in [-0.2, 0) is 0 Å². The highest BCUT2D eigenvalue weighted by Crippen LogP contribution is 2.17. The first-order valence-corrected chi connectivity index (χ1v) is 5.61. The summed E-state index contributed by atoms with van der Waals surface area (Å²) in [5, 5.41) is 2.73. The summed E-state index contributed by atoms with van der Waals surface area (Å²) in [6, 6.07) is 1.81. The molecule has 6 nitrogen and oxygen atoms in total. The molecule has 0 fully saturated rings. The fourth-order valence-corrected chi connectivity index (χ4v) is 1.67. The largest absolute Gasteiger partial charge is 0.397 e. The number of anilines is 2. The van der Waals surface area contributed by atoms with Gasteiger partial charge in [-0.05, 0) is 19.9 Å². The van der Waals surface area contributed by atoms with Crippen LogP contribution < -0.4 is 11.1 Å². The molecular formula is C12H15N5O. The second kappa shape index (κ2) is 4.87. The van der Waals surface area contributed by atoms with Crippen molar-refractivity contribution in [1.29, 1.82) is 0 Å². The first-order valence-electron chi connectivity index (χ1n) is 5.61. The van der Waals surface area contributed by atoms with Crippen LogP contribution in [0.3, 0.4) is 0 Å². The molecule has 0 saturated heterocycles. The monoisotopic (exact) mass is 245 g/mol. The normalized spacial score (nSPS) is 10.6. The quantitative estimate of drug-likeness (QED) is 0.861. The van der Waals surface area contributed by atoms with E-state index in [0.29, 0.717) is 17.1 Å². The highest BCUT2D eigenvalue weighted by atomic mass is 16.1. The number of nitrogen functional groups attached to an aromatic ring is 1. The smallest absolute Gasteiger partial charge is 0.272 e. The lowest BCUT2D eigenvalue weighted by Gasteiger charge is -2.12. The molecule has 0 aliphatic rings. The van der Waals surface area contributed by atoms with Crippen molar-refractivity contribution in [2.75, 3.05) is 11.1 Å². The zero-order chi connectivity index (χ0) is 13.1. The van der Waals surface area contributed by atoms with Gasteiger partial charge in [-0.25, -0.2) is 9.97 Å². The minimum Gasteiger partial charge on any atom is -0.397 e. The molecule has 0 atom stereocenters. The molecule has 0 radical (unpaired) electrons. The second-order valence-electron chi connectivity index (χ2n) is 4.24. The topological polar surface area (TPSA) is 85.8 Å². The number of rotatable bonds is 3. The lowest BCUT2D eigenvalue weighted by molar-refractivity contribution is 0.101. The number of aromatic nitrogens is 3. The molecule has 0 aliphatic carbocycles. The van der Waals surface area contributed by atoms with Gasteiger partial charge in [0.15, 0.2) is 0 Å². The van der Waals surface area contributed by atoms with Crippen LogP contribution in [0.4, 0.5) is 11.4 Å². The predicted octanol–water partition coefficient (Wildman–Crippen LogP) is 1.69. The molecule has 18 heavy (non-hydrogen) atoms. The molecule has 1 amide bonds. The van der Waals surface area contributed by atoms with Crippen molar-refractivity contribution in [3.05, 3.63) is 36.7 Å². The second-order valence-corrected chi connectivity index (χ2v) is 4.24. The van der Waals surface area contributed by atoms with Gasteiger partial charge >= 0.3 is 0 Å². The lowest BCUT2D eigenvalue weighted by Crippen LogP contribution is -2.17. The van der Waals surface area contributed by atoms with Crippen molar-refractivity contribution >= 4 is 17.3 Å². The summed E-state index contributed by atoms with van der Waals surface area (Å²) in [5.41, 5.74) is 7.36. The molecular weight excluding hydrogens is 230 g/mol. The number of nitrogens with one attached hydrogen (secondary N) is 1. The maximum absolute atomic E-state index is 12.1. The Hall–Kier alpha value is -2.37. The van der Waals surface area contributed by atoms with Crippen LogP contribution in [0.2, 0.25) is 0 Å². The van der Waals surface area contributed by atoms with Crippen LogP contribution in [0, 0.1) is 0 Å². The van der Waals surface area contributed by atoms with Crippen LogP contribution in [0.1, 0.15) is 30.4 Å². The maximum Gasteiger partial charge on any atom is 0.272 e. The Morgan fingerprint density at radius 3 is 2.67 bits per heavy atom. The van der Waals surface area contributed by atoms with Crippen molar-refractivity contribution in [1.82, 2.24) is 14.5 Å². The van der Waals surface area contributed by atoms with Gasteiger partial charge in [0.2, 0.25) is 0 Å². The number of nitrogens with two attached hydrogens (primary N) is 1. The third-order valence-corrected chi connectivity index (χ3v) is 2.48. The molecule has 0 saturated carbocycles. The minimum absolute atomic E-state index is 0.162. The molecule has 3 N–H and O–H groups in total. The van der Waals surface area contributed by atoms with Gasteiger partial charge in [-0.3, -0.25) is 4.79 Å². The van der Waals surface area contributed by atoms with Gasteiger partial charge in [-0.2, -0.15) is 0 Å². The summed E-state index contributed by atoms with van der Waals surface area (Å²) >= 11 is 0. The SMILES string of the molecule is CC(C)n1cc(N)cc1C(=O)Nc1cncnc1. The number of amides is 1. The van der Waals surface area contributed by atoms with Crippen LogP contribution >= 0.6 is 0 Å². The third kappa shape index (κ3) is 2.48. The zero-order valence-electron chi connectivity index (χ0n) is 10.3. The van der Waals surface area contributed by atoms with Crippen molar-refractivity contribution < 1.29 is 4.79 Å². The Balaban J connectivity index is 2.24. The summed E-state index contributed by atoms with van der Waals surface area (Å²) in [4.78, 5) is 19.8. The minimum atomic E-state index is -0.227. The van der Waals surface area contributed by atoms with Crippen molar-refractivity contribution in [3.63, 3.8) is 0 Å². The van der Waals surface area contributed by atoms with Crippen molar-refractivity contribution in [2.24, 2.45) is 0 Å². The van der Waals surface area contributed by atoms with E-state index in [2.05, 4.69) is 15.3 Å². The Labute approximate surface area is 105 Å². The average Bonchev–Trinajstić information content (AvgIpc) is 2.73. The first kappa shape index (κ1) is 12.1. The number of hydrogen-bond acceptors (Lipinski definition) is 4. The van der Waals surface area contributed by atoms with Gasteiger partial charge in [0.1, 0.15) is 12.0 Å². The van der Waals surface area contributed by atoms with Crippen LogP contribution in [-0.4, -0.2) is 20.4 Å².